The second-order valence-corrected chi connectivity index (χ2v) is 5.04. The number of carbonyl (C=O) groups is 1. The maximum atomic E-state index is 14.0. The van der Waals surface area contributed by atoms with Gasteiger partial charge in [-0.25, -0.2) is 4.39 Å². The Labute approximate surface area is 121 Å². The first-order chi connectivity index (χ1) is 9.43. The summed E-state index contributed by atoms with van der Waals surface area (Å²) in [6.45, 7) is 1.54. The first kappa shape index (κ1) is 14.3. The third-order valence-corrected chi connectivity index (χ3v) is 3.36. The first-order valence-corrected chi connectivity index (χ1v) is 6.40. The Balaban J connectivity index is 2.46. The van der Waals surface area contributed by atoms with Crippen LogP contribution in [0.1, 0.15) is 12.5 Å². The molecule has 2 rings (SSSR count). The van der Waals surface area contributed by atoms with Gasteiger partial charge < -0.3 is 11.1 Å². The highest BCUT2D eigenvalue weighted by Gasteiger charge is 2.35. The highest BCUT2D eigenvalue weighted by molar-refractivity contribution is 6.30. The zero-order valence-electron chi connectivity index (χ0n) is 10.9. The van der Waals surface area contributed by atoms with Gasteiger partial charge in [0, 0.05) is 16.3 Å². The van der Waals surface area contributed by atoms with E-state index in [0.29, 0.717) is 10.7 Å². The molecule has 0 bridgehead atoms. The third-order valence-electron chi connectivity index (χ3n) is 3.12. The third kappa shape index (κ3) is 2.75. The van der Waals surface area contributed by atoms with Crippen LogP contribution in [0, 0.1) is 5.82 Å². The van der Waals surface area contributed by atoms with Crippen LogP contribution in [0.25, 0.3) is 0 Å². The molecule has 0 radical (unpaired) electrons. The van der Waals surface area contributed by atoms with Gasteiger partial charge in [-0.05, 0) is 31.2 Å². The van der Waals surface area contributed by atoms with E-state index in [4.69, 9.17) is 17.3 Å². The first-order valence-electron chi connectivity index (χ1n) is 6.02. The van der Waals surface area contributed by atoms with E-state index in [1.165, 1.54) is 19.1 Å². The number of amides is 1. The molecule has 0 aliphatic rings. The second-order valence-electron chi connectivity index (χ2n) is 4.60. The lowest BCUT2D eigenvalue weighted by molar-refractivity contribution is -0.122. The number of rotatable bonds is 4. The molecule has 3 nitrogen and oxygen atoms in total. The molecule has 2 aromatic carbocycles. The van der Waals surface area contributed by atoms with Crippen LogP contribution in [-0.4, -0.2) is 5.91 Å². The van der Waals surface area contributed by atoms with Crippen LogP contribution in [-0.2, 0) is 10.3 Å². The molecule has 0 saturated heterocycles. The molecular formula is C15H14ClFN2O. The smallest absolute Gasteiger partial charge is 0.247 e. The van der Waals surface area contributed by atoms with Gasteiger partial charge in [0.15, 0.2) is 0 Å². The summed E-state index contributed by atoms with van der Waals surface area (Å²) in [5.41, 5.74) is 4.86. The number of halogens is 2. The van der Waals surface area contributed by atoms with Crippen molar-refractivity contribution in [1.82, 2.24) is 0 Å². The van der Waals surface area contributed by atoms with Crippen molar-refractivity contribution in [3.05, 3.63) is 64.9 Å². The Morgan fingerprint density at radius 3 is 2.55 bits per heavy atom. The maximum absolute atomic E-state index is 14.0. The van der Waals surface area contributed by atoms with Crippen molar-refractivity contribution in [1.29, 1.82) is 0 Å². The summed E-state index contributed by atoms with van der Waals surface area (Å²) in [6.07, 6.45) is 0. The largest absolute Gasteiger partial charge is 0.368 e. The fourth-order valence-electron chi connectivity index (χ4n) is 1.98. The molecule has 0 aliphatic carbocycles. The SMILES string of the molecule is CC(Nc1cccc(Cl)c1)(C(N)=O)c1ccccc1F. The van der Waals surface area contributed by atoms with E-state index < -0.39 is 17.3 Å². The van der Waals surface area contributed by atoms with E-state index in [1.54, 1.807) is 36.4 Å². The summed E-state index contributed by atoms with van der Waals surface area (Å²) in [5, 5.41) is 3.46. The minimum Gasteiger partial charge on any atom is -0.368 e. The molecule has 0 heterocycles. The number of nitrogens with one attached hydrogen (secondary N) is 1. The van der Waals surface area contributed by atoms with Crippen molar-refractivity contribution in [2.45, 2.75) is 12.5 Å². The quantitative estimate of drug-likeness (QED) is 0.908. The van der Waals surface area contributed by atoms with Crippen molar-refractivity contribution in [2.24, 2.45) is 5.73 Å². The van der Waals surface area contributed by atoms with Gasteiger partial charge in [0.05, 0.1) is 0 Å². The lowest BCUT2D eigenvalue weighted by atomic mass is 9.90. The normalized spacial score (nSPS) is 13.6. The number of primary amides is 1. The summed E-state index contributed by atoms with van der Waals surface area (Å²) < 4.78 is 14.0. The number of benzene rings is 2. The highest BCUT2D eigenvalue weighted by Crippen LogP contribution is 2.29. The predicted molar refractivity (Wildman–Crippen MR) is 78.0 cm³/mol. The second kappa shape index (κ2) is 5.51. The summed E-state index contributed by atoms with van der Waals surface area (Å²) >= 11 is 5.90. The molecule has 0 spiro atoms. The number of hydrogen-bond acceptors (Lipinski definition) is 2. The molecule has 104 valence electrons. The van der Waals surface area contributed by atoms with Gasteiger partial charge in [0.25, 0.3) is 0 Å². The fourth-order valence-corrected chi connectivity index (χ4v) is 2.17. The zero-order chi connectivity index (χ0) is 14.8. The summed E-state index contributed by atoms with van der Waals surface area (Å²) in [7, 11) is 0. The molecular weight excluding hydrogens is 279 g/mol. The summed E-state index contributed by atoms with van der Waals surface area (Å²) in [6, 6.07) is 12.8. The Kier molecular flexibility index (Phi) is 3.95. The summed E-state index contributed by atoms with van der Waals surface area (Å²) in [4.78, 5) is 11.8. The Bertz CT molecular complexity index is 647. The molecule has 0 fully saturated rings. The minimum absolute atomic E-state index is 0.187. The fraction of sp³-hybridized carbons (Fsp3) is 0.133. The molecule has 0 aliphatic heterocycles. The van der Waals surface area contributed by atoms with Crippen molar-refractivity contribution < 1.29 is 9.18 Å². The maximum Gasteiger partial charge on any atom is 0.247 e. The monoisotopic (exact) mass is 292 g/mol. The van der Waals surface area contributed by atoms with Crippen LogP contribution in [0.15, 0.2) is 48.5 Å². The Morgan fingerprint density at radius 2 is 1.95 bits per heavy atom. The van der Waals surface area contributed by atoms with Gasteiger partial charge in [-0.15, -0.1) is 0 Å². The van der Waals surface area contributed by atoms with Gasteiger partial charge in [-0.1, -0.05) is 35.9 Å². The van der Waals surface area contributed by atoms with Crippen LogP contribution in [0.3, 0.4) is 0 Å². The van der Waals surface area contributed by atoms with Gasteiger partial charge >= 0.3 is 0 Å². The summed E-state index contributed by atoms with van der Waals surface area (Å²) in [5.74, 6) is -1.18. The Hall–Kier alpha value is -2.07. The van der Waals surface area contributed by atoms with Crippen LogP contribution < -0.4 is 11.1 Å². The van der Waals surface area contributed by atoms with Crippen molar-refractivity contribution in [2.75, 3.05) is 5.32 Å². The van der Waals surface area contributed by atoms with Crippen LogP contribution >= 0.6 is 11.6 Å². The van der Waals surface area contributed by atoms with Crippen molar-refractivity contribution in [3.8, 4) is 0 Å². The van der Waals surface area contributed by atoms with Crippen LogP contribution in [0.4, 0.5) is 10.1 Å². The lowest BCUT2D eigenvalue weighted by Gasteiger charge is -2.29. The van der Waals surface area contributed by atoms with E-state index in [0.717, 1.165) is 0 Å². The van der Waals surface area contributed by atoms with Crippen LogP contribution in [0.5, 0.6) is 0 Å². The average molecular weight is 293 g/mol. The average Bonchev–Trinajstić information content (AvgIpc) is 2.38. The van der Waals surface area contributed by atoms with E-state index in [9.17, 15) is 9.18 Å². The topological polar surface area (TPSA) is 55.1 Å². The number of hydrogen-bond donors (Lipinski definition) is 2. The molecule has 1 unspecified atom stereocenters. The molecule has 0 aromatic heterocycles. The molecule has 1 amide bonds. The molecule has 0 saturated carbocycles. The molecule has 1 atom stereocenters. The van der Waals surface area contributed by atoms with E-state index in [1.807, 2.05) is 0 Å². The van der Waals surface area contributed by atoms with Crippen molar-refractivity contribution in [3.63, 3.8) is 0 Å². The van der Waals surface area contributed by atoms with E-state index in [-0.39, 0.29) is 5.56 Å². The minimum atomic E-state index is -1.37. The number of nitrogens with two attached hydrogens (primary N) is 1. The van der Waals surface area contributed by atoms with Crippen molar-refractivity contribution >= 4 is 23.2 Å². The van der Waals surface area contributed by atoms with Gasteiger partial charge in [0.1, 0.15) is 11.4 Å². The number of carbonyl (C=O) groups excluding carboxylic acids is 1. The van der Waals surface area contributed by atoms with Crippen LogP contribution in [0.2, 0.25) is 5.02 Å². The number of anilines is 1. The molecule has 3 N–H and O–H groups in total. The Morgan fingerprint density at radius 1 is 1.25 bits per heavy atom. The van der Waals surface area contributed by atoms with E-state index in [2.05, 4.69) is 5.32 Å². The molecule has 2 aromatic rings. The standard InChI is InChI=1S/C15H14ClFN2O/c1-15(14(18)20,12-7-2-3-8-13(12)17)19-11-6-4-5-10(16)9-11/h2-9,19H,1H3,(H2,18,20). The van der Waals surface area contributed by atoms with E-state index >= 15 is 0 Å². The van der Waals surface area contributed by atoms with Gasteiger partial charge in [-0.2, -0.15) is 0 Å². The lowest BCUT2D eigenvalue weighted by Crippen LogP contribution is -2.45. The zero-order valence-corrected chi connectivity index (χ0v) is 11.6. The molecule has 20 heavy (non-hydrogen) atoms. The van der Waals surface area contributed by atoms with Gasteiger partial charge in [-0.3, -0.25) is 4.79 Å². The molecule has 5 heteroatoms. The predicted octanol–water partition coefficient (Wildman–Crippen LogP) is 3.29. The highest BCUT2D eigenvalue weighted by atomic mass is 35.5. The van der Waals surface area contributed by atoms with Gasteiger partial charge in [0.2, 0.25) is 5.91 Å².